The van der Waals surface area contributed by atoms with Gasteiger partial charge >= 0.3 is 0 Å². The van der Waals surface area contributed by atoms with Crippen molar-refractivity contribution >= 4 is 68.9 Å². The first-order valence-corrected chi connectivity index (χ1v) is 12.9. The normalized spacial score (nSPS) is 11.6. The number of carbonyl (C=O) groups excluding carboxylic acids is 1. The average molecular weight is 499 g/mol. The van der Waals surface area contributed by atoms with Crippen LogP contribution in [-0.2, 0) is 10.5 Å². The van der Waals surface area contributed by atoms with Crippen LogP contribution in [-0.4, -0.2) is 27.6 Å². The predicted octanol–water partition coefficient (Wildman–Crippen LogP) is 6.27. The van der Waals surface area contributed by atoms with E-state index in [0.717, 1.165) is 41.7 Å². The van der Waals surface area contributed by atoms with E-state index >= 15 is 0 Å². The molecule has 0 spiro atoms. The van der Waals surface area contributed by atoms with Gasteiger partial charge in [-0.3, -0.25) is 4.79 Å². The number of thioether (sulfide) groups is 2. The summed E-state index contributed by atoms with van der Waals surface area (Å²) >= 11 is 10.6. The lowest BCUT2D eigenvalue weighted by Gasteiger charge is -2.04. The number of benzene rings is 3. The van der Waals surface area contributed by atoms with Crippen LogP contribution in [0.15, 0.2) is 80.5 Å². The fourth-order valence-corrected chi connectivity index (χ4v) is 5.95. The van der Waals surface area contributed by atoms with Gasteiger partial charge in [0.25, 0.3) is 5.91 Å². The van der Waals surface area contributed by atoms with Gasteiger partial charge in [0.2, 0.25) is 0 Å². The fourth-order valence-electron chi connectivity index (χ4n) is 2.85. The summed E-state index contributed by atoms with van der Waals surface area (Å²) < 4.78 is 1.59. The second-order valence-electron chi connectivity index (χ2n) is 6.80. The molecule has 162 valence electrons. The van der Waals surface area contributed by atoms with Gasteiger partial charge in [-0.05, 0) is 41.0 Å². The van der Waals surface area contributed by atoms with Crippen molar-refractivity contribution in [3.05, 3.63) is 82.9 Å². The van der Waals surface area contributed by atoms with Gasteiger partial charge in [0.1, 0.15) is 0 Å². The molecule has 0 aliphatic rings. The minimum Gasteiger partial charge on any atom is -0.272 e. The maximum Gasteiger partial charge on any atom is 0.250 e. The molecule has 1 amide bonds. The summed E-state index contributed by atoms with van der Waals surface area (Å²) in [5, 5.41) is 15.6. The lowest BCUT2D eigenvalue weighted by molar-refractivity contribution is -0.118. The van der Waals surface area contributed by atoms with Crippen molar-refractivity contribution in [2.24, 2.45) is 5.10 Å². The van der Waals surface area contributed by atoms with Crippen LogP contribution in [0.3, 0.4) is 0 Å². The number of carbonyl (C=O) groups is 1. The van der Waals surface area contributed by atoms with E-state index in [1.54, 1.807) is 11.8 Å². The van der Waals surface area contributed by atoms with Crippen LogP contribution in [0.25, 0.3) is 10.8 Å². The van der Waals surface area contributed by atoms with E-state index in [-0.39, 0.29) is 11.7 Å². The summed E-state index contributed by atoms with van der Waals surface area (Å²) in [6, 6.07) is 22.0. The molecule has 1 aromatic heterocycles. The summed E-state index contributed by atoms with van der Waals surface area (Å²) in [7, 11) is 0. The number of hydrogen-bond acceptors (Lipinski definition) is 7. The van der Waals surface area contributed by atoms with Crippen molar-refractivity contribution in [1.29, 1.82) is 0 Å². The zero-order valence-corrected chi connectivity index (χ0v) is 20.3. The number of nitrogens with one attached hydrogen (secondary N) is 1. The highest BCUT2D eigenvalue weighted by Gasteiger charge is 2.10. The van der Waals surface area contributed by atoms with Crippen molar-refractivity contribution in [2.45, 2.75) is 21.4 Å². The average Bonchev–Trinajstić information content (AvgIpc) is 3.28. The molecule has 0 bridgehead atoms. The zero-order valence-electron chi connectivity index (χ0n) is 17.1. The highest BCUT2D eigenvalue weighted by Crippen LogP contribution is 2.32. The first kappa shape index (κ1) is 22.8. The topological polar surface area (TPSA) is 67.2 Å². The number of hydrogen-bond donors (Lipinski definition) is 1. The van der Waals surface area contributed by atoms with Crippen LogP contribution < -0.4 is 5.43 Å². The van der Waals surface area contributed by atoms with Gasteiger partial charge in [-0.2, -0.15) is 5.10 Å². The highest BCUT2D eigenvalue weighted by atomic mass is 35.5. The van der Waals surface area contributed by atoms with E-state index in [0.29, 0.717) is 0 Å². The van der Waals surface area contributed by atoms with Gasteiger partial charge in [-0.1, -0.05) is 101 Å². The van der Waals surface area contributed by atoms with E-state index in [2.05, 4.69) is 45.0 Å². The van der Waals surface area contributed by atoms with E-state index < -0.39 is 0 Å². The Morgan fingerprint density at radius 1 is 1.00 bits per heavy atom. The third-order valence-electron chi connectivity index (χ3n) is 4.54. The number of hydrazone groups is 1. The molecule has 9 heteroatoms. The Hall–Kier alpha value is -2.39. The first-order chi connectivity index (χ1) is 15.6. The third kappa shape index (κ3) is 6.10. The van der Waals surface area contributed by atoms with E-state index in [1.807, 2.05) is 49.4 Å². The van der Waals surface area contributed by atoms with Gasteiger partial charge in [-0.25, -0.2) is 5.43 Å². The summed E-state index contributed by atoms with van der Waals surface area (Å²) in [5.74, 6) is 0.760. The molecule has 0 aliphatic heterocycles. The van der Waals surface area contributed by atoms with Crippen molar-refractivity contribution in [3.8, 4) is 0 Å². The largest absolute Gasteiger partial charge is 0.272 e. The monoisotopic (exact) mass is 498 g/mol. The van der Waals surface area contributed by atoms with Crippen molar-refractivity contribution in [3.63, 3.8) is 0 Å². The smallest absolute Gasteiger partial charge is 0.250 e. The molecule has 0 fully saturated rings. The van der Waals surface area contributed by atoms with Crippen LogP contribution in [0.2, 0.25) is 5.02 Å². The Labute approximate surface area is 203 Å². The lowest BCUT2D eigenvalue weighted by atomic mass is 10.0. The Balaban J connectivity index is 1.27. The predicted molar refractivity (Wildman–Crippen MR) is 136 cm³/mol. The van der Waals surface area contributed by atoms with Gasteiger partial charge in [0.15, 0.2) is 8.68 Å². The van der Waals surface area contributed by atoms with Crippen molar-refractivity contribution in [1.82, 2.24) is 15.6 Å². The van der Waals surface area contributed by atoms with Crippen molar-refractivity contribution < 1.29 is 4.79 Å². The Morgan fingerprint density at radius 2 is 1.72 bits per heavy atom. The number of fused-ring (bicyclic) bond motifs is 1. The standard InChI is InChI=1S/C23H19ClN4OS3/c1-15(17-11-10-16-6-2-3-7-18(16)12-17)25-26-21(29)14-31-23-28-27-22(32-23)30-13-19-8-4-5-9-20(19)24/h2-12H,13-14H2,1H3,(H,26,29). The summed E-state index contributed by atoms with van der Waals surface area (Å²) in [4.78, 5) is 12.2. The second-order valence-corrected chi connectivity index (χ2v) is 10.6. The first-order valence-electron chi connectivity index (χ1n) is 9.73. The van der Waals surface area contributed by atoms with E-state index in [4.69, 9.17) is 11.6 Å². The Kier molecular flexibility index (Phi) is 7.81. The number of nitrogens with zero attached hydrogens (tertiary/aromatic N) is 3. The molecule has 1 heterocycles. The molecule has 4 rings (SSSR count). The minimum atomic E-state index is -0.185. The van der Waals surface area contributed by atoms with Crippen LogP contribution in [0.5, 0.6) is 0 Å². The lowest BCUT2D eigenvalue weighted by Crippen LogP contribution is -2.21. The number of aromatic nitrogens is 2. The molecule has 0 saturated heterocycles. The molecule has 5 nitrogen and oxygen atoms in total. The molecule has 1 N–H and O–H groups in total. The molecule has 0 saturated carbocycles. The summed E-state index contributed by atoms with van der Waals surface area (Å²) in [5.41, 5.74) is 5.41. The quantitative estimate of drug-likeness (QED) is 0.176. The molecule has 0 aliphatic carbocycles. The molecular formula is C23H19ClN4OS3. The Morgan fingerprint density at radius 3 is 2.53 bits per heavy atom. The Bertz CT molecular complexity index is 1270. The van der Waals surface area contributed by atoms with E-state index in [1.165, 1.54) is 28.5 Å². The van der Waals surface area contributed by atoms with Gasteiger partial charge in [0, 0.05) is 10.8 Å². The van der Waals surface area contributed by atoms with E-state index in [9.17, 15) is 4.79 Å². The molecule has 4 aromatic rings. The van der Waals surface area contributed by atoms with Crippen LogP contribution in [0.1, 0.15) is 18.1 Å². The minimum absolute atomic E-state index is 0.185. The van der Waals surface area contributed by atoms with Crippen LogP contribution in [0, 0.1) is 0 Å². The van der Waals surface area contributed by atoms with Crippen LogP contribution >= 0.6 is 46.5 Å². The van der Waals surface area contributed by atoms with Crippen molar-refractivity contribution in [2.75, 3.05) is 5.75 Å². The number of halogens is 1. The number of rotatable bonds is 8. The summed E-state index contributed by atoms with van der Waals surface area (Å²) in [6.07, 6.45) is 0. The fraction of sp³-hybridized carbons (Fsp3) is 0.130. The van der Waals surface area contributed by atoms with Crippen LogP contribution in [0.4, 0.5) is 0 Å². The zero-order chi connectivity index (χ0) is 22.3. The van der Waals surface area contributed by atoms with Gasteiger partial charge < -0.3 is 0 Å². The maximum atomic E-state index is 12.2. The van der Waals surface area contributed by atoms with Gasteiger partial charge in [-0.15, -0.1) is 10.2 Å². The SMILES string of the molecule is CC(=NNC(=O)CSc1nnc(SCc2ccccc2Cl)s1)c1ccc2ccccc2c1. The number of amides is 1. The molecule has 0 radical (unpaired) electrons. The van der Waals surface area contributed by atoms with Gasteiger partial charge in [0.05, 0.1) is 11.5 Å². The maximum absolute atomic E-state index is 12.2. The molecule has 0 unspecified atom stereocenters. The third-order valence-corrected chi connectivity index (χ3v) is 8.15. The highest BCUT2D eigenvalue weighted by molar-refractivity contribution is 8.03. The molecule has 3 aromatic carbocycles. The summed E-state index contributed by atoms with van der Waals surface area (Å²) in [6.45, 7) is 1.88. The second kappa shape index (κ2) is 11.0. The molecule has 0 atom stereocenters. The molecular weight excluding hydrogens is 480 g/mol. The molecule has 32 heavy (non-hydrogen) atoms.